The van der Waals surface area contributed by atoms with Gasteiger partial charge >= 0.3 is 5.97 Å². The monoisotopic (exact) mass is 356 g/mol. The van der Waals surface area contributed by atoms with E-state index >= 15 is 0 Å². The summed E-state index contributed by atoms with van der Waals surface area (Å²) in [6.07, 6.45) is 0.887. The molecule has 0 N–H and O–H groups in total. The minimum Gasteiger partial charge on any atom is -0.465 e. The molecular formula is C20H24N2O4. The molecule has 1 unspecified atom stereocenters. The number of hydrogen-bond acceptors (Lipinski definition) is 5. The van der Waals surface area contributed by atoms with Crippen molar-refractivity contribution in [1.29, 1.82) is 0 Å². The Labute approximate surface area is 153 Å². The lowest BCUT2D eigenvalue weighted by molar-refractivity contribution is -0.122. The van der Waals surface area contributed by atoms with Crippen LogP contribution in [0.15, 0.2) is 34.7 Å². The van der Waals surface area contributed by atoms with E-state index in [0.29, 0.717) is 30.2 Å². The van der Waals surface area contributed by atoms with Gasteiger partial charge in [-0.1, -0.05) is 18.2 Å². The average molecular weight is 356 g/mol. The van der Waals surface area contributed by atoms with Gasteiger partial charge in [0.05, 0.1) is 19.7 Å². The van der Waals surface area contributed by atoms with Crippen LogP contribution in [0, 0.1) is 6.92 Å². The molecule has 0 fully saturated rings. The quantitative estimate of drug-likeness (QED) is 0.771. The number of nitrogens with zero attached hydrogens (tertiary/aromatic N) is 2. The third-order valence-corrected chi connectivity index (χ3v) is 4.95. The van der Waals surface area contributed by atoms with E-state index in [1.54, 1.807) is 13.0 Å². The summed E-state index contributed by atoms with van der Waals surface area (Å²) in [5, 5.41) is 0. The standard InChI is InChI=1S/C20H24N2O4/c1-13(19(23)22-10-9-15-7-5-6-8-18(15)22)21(3)12-16-11-17(14(2)26-16)20(24)25-4/h5-8,11,13H,9-10,12H2,1-4H3. The van der Waals surface area contributed by atoms with E-state index in [1.807, 2.05) is 42.0 Å². The van der Waals surface area contributed by atoms with Crippen LogP contribution in [-0.2, 0) is 22.5 Å². The Bertz CT molecular complexity index is 827. The molecule has 3 rings (SSSR count). The van der Waals surface area contributed by atoms with Crippen LogP contribution >= 0.6 is 0 Å². The molecule has 0 spiro atoms. The van der Waals surface area contributed by atoms with E-state index in [1.165, 1.54) is 12.7 Å². The van der Waals surface area contributed by atoms with Crippen LogP contribution in [0.2, 0.25) is 0 Å². The molecule has 6 heteroatoms. The number of hydrogen-bond donors (Lipinski definition) is 0. The molecule has 0 radical (unpaired) electrons. The molecule has 2 aromatic rings. The molecule has 1 amide bonds. The lowest BCUT2D eigenvalue weighted by atomic mass is 10.2. The molecule has 6 nitrogen and oxygen atoms in total. The number of benzene rings is 1. The number of aryl methyl sites for hydroxylation is 1. The van der Waals surface area contributed by atoms with Crippen molar-refractivity contribution in [2.24, 2.45) is 0 Å². The van der Waals surface area contributed by atoms with Crippen molar-refractivity contribution in [3.63, 3.8) is 0 Å². The number of rotatable bonds is 5. The van der Waals surface area contributed by atoms with Gasteiger partial charge in [0.15, 0.2) is 0 Å². The molecule has 0 aliphatic carbocycles. The van der Waals surface area contributed by atoms with E-state index in [4.69, 9.17) is 9.15 Å². The molecule has 1 aromatic heterocycles. The normalized spacial score (nSPS) is 14.4. The molecule has 0 saturated carbocycles. The molecule has 1 atom stereocenters. The maximum absolute atomic E-state index is 12.9. The van der Waals surface area contributed by atoms with Gasteiger partial charge in [0.25, 0.3) is 0 Å². The zero-order valence-corrected chi connectivity index (χ0v) is 15.6. The molecule has 1 aliphatic rings. The van der Waals surface area contributed by atoms with Gasteiger partial charge in [0.2, 0.25) is 5.91 Å². The summed E-state index contributed by atoms with van der Waals surface area (Å²) in [5.74, 6) is 0.798. The molecule has 26 heavy (non-hydrogen) atoms. The predicted octanol–water partition coefficient (Wildman–Crippen LogP) is 2.78. The minimum atomic E-state index is -0.419. The average Bonchev–Trinajstić information content (AvgIpc) is 3.23. The highest BCUT2D eigenvalue weighted by Crippen LogP contribution is 2.28. The van der Waals surface area contributed by atoms with Crippen LogP contribution in [0.4, 0.5) is 5.69 Å². The number of ether oxygens (including phenoxy) is 1. The van der Waals surface area contributed by atoms with E-state index in [-0.39, 0.29) is 11.9 Å². The number of amides is 1. The first-order chi connectivity index (χ1) is 12.4. The Morgan fingerprint density at radius 3 is 2.81 bits per heavy atom. The number of methoxy groups -OCH3 is 1. The van der Waals surface area contributed by atoms with Crippen LogP contribution in [0.1, 0.15) is 34.4 Å². The summed E-state index contributed by atoms with van der Waals surface area (Å²) in [6.45, 7) is 4.76. The Kier molecular flexibility index (Phi) is 5.13. The predicted molar refractivity (Wildman–Crippen MR) is 98.2 cm³/mol. The van der Waals surface area contributed by atoms with Crippen LogP contribution < -0.4 is 4.90 Å². The molecule has 1 aliphatic heterocycles. The second-order valence-corrected chi connectivity index (χ2v) is 6.63. The van der Waals surface area contributed by atoms with Gasteiger partial charge in [-0.15, -0.1) is 0 Å². The number of likely N-dealkylation sites (N-methyl/N-ethyl adjacent to an activating group) is 1. The summed E-state index contributed by atoms with van der Waals surface area (Å²) < 4.78 is 10.4. The fourth-order valence-corrected chi connectivity index (χ4v) is 3.30. The van der Waals surface area contributed by atoms with Crippen molar-refractivity contribution in [2.75, 3.05) is 25.6 Å². The zero-order chi connectivity index (χ0) is 18.8. The number of carbonyl (C=O) groups is 2. The molecule has 2 heterocycles. The molecule has 1 aromatic carbocycles. The van der Waals surface area contributed by atoms with Crippen molar-refractivity contribution >= 4 is 17.6 Å². The van der Waals surface area contributed by atoms with Crippen LogP contribution in [0.5, 0.6) is 0 Å². The van der Waals surface area contributed by atoms with Crippen molar-refractivity contribution in [3.8, 4) is 0 Å². The second-order valence-electron chi connectivity index (χ2n) is 6.63. The number of anilines is 1. The highest BCUT2D eigenvalue weighted by molar-refractivity contribution is 5.98. The second kappa shape index (κ2) is 7.33. The molecule has 0 saturated heterocycles. The van der Waals surface area contributed by atoms with Gasteiger partial charge in [0.1, 0.15) is 17.1 Å². The van der Waals surface area contributed by atoms with Crippen LogP contribution in [0.25, 0.3) is 0 Å². The molecular weight excluding hydrogens is 332 g/mol. The van der Waals surface area contributed by atoms with Crippen molar-refractivity contribution in [1.82, 2.24) is 4.90 Å². The SMILES string of the molecule is COC(=O)c1cc(CN(C)C(C)C(=O)N2CCc3ccccc32)oc1C. The Hall–Kier alpha value is -2.60. The maximum atomic E-state index is 12.9. The number of furan rings is 1. The summed E-state index contributed by atoms with van der Waals surface area (Å²) in [7, 11) is 3.22. The van der Waals surface area contributed by atoms with Crippen molar-refractivity contribution < 1.29 is 18.7 Å². The minimum absolute atomic E-state index is 0.0638. The third kappa shape index (κ3) is 3.37. The Balaban J connectivity index is 1.69. The number of fused-ring (bicyclic) bond motifs is 1. The van der Waals surface area contributed by atoms with Gasteiger partial charge in [-0.2, -0.15) is 0 Å². The van der Waals surface area contributed by atoms with E-state index < -0.39 is 5.97 Å². The fourth-order valence-electron chi connectivity index (χ4n) is 3.30. The summed E-state index contributed by atoms with van der Waals surface area (Å²) in [5.41, 5.74) is 2.63. The summed E-state index contributed by atoms with van der Waals surface area (Å²) >= 11 is 0. The Morgan fingerprint density at radius 2 is 2.08 bits per heavy atom. The maximum Gasteiger partial charge on any atom is 0.341 e. The summed E-state index contributed by atoms with van der Waals surface area (Å²) in [4.78, 5) is 28.4. The van der Waals surface area contributed by atoms with Crippen LogP contribution in [0.3, 0.4) is 0 Å². The largest absolute Gasteiger partial charge is 0.465 e. The molecule has 0 bridgehead atoms. The summed E-state index contributed by atoms with van der Waals surface area (Å²) in [6, 6.07) is 9.38. The fraction of sp³-hybridized carbons (Fsp3) is 0.400. The van der Waals surface area contributed by atoms with E-state index in [0.717, 1.165) is 12.1 Å². The Morgan fingerprint density at radius 1 is 1.35 bits per heavy atom. The highest BCUT2D eigenvalue weighted by atomic mass is 16.5. The highest BCUT2D eigenvalue weighted by Gasteiger charge is 2.30. The first-order valence-corrected chi connectivity index (χ1v) is 8.69. The lowest BCUT2D eigenvalue weighted by Gasteiger charge is -2.27. The van der Waals surface area contributed by atoms with Gasteiger partial charge < -0.3 is 14.1 Å². The number of para-hydroxylation sites is 1. The zero-order valence-electron chi connectivity index (χ0n) is 15.6. The number of esters is 1. The van der Waals surface area contributed by atoms with E-state index in [2.05, 4.69) is 6.07 Å². The van der Waals surface area contributed by atoms with Gasteiger partial charge in [-0.25, -0.2) is 4.79 Å². The van der Waals surface area contributed by atoms with Crippen molar-refractivity contribution in [3.05, 3.63) is 53.0 Å². The number of carbonyl (C=O) groups excluding carboxylic acids is 2. The third-order valence-electron chi connectivity index (χ3n) is 4.95. The van der Waals surface area contributed by atoms with Crippen molar-refractivity contribution in [2.45, 2.75) is 32.9 Å². The van der Waals surface area contributed by atoms with Gasteiger partial charge in [-0.3, -0.25) is 9.69 Å². The van der Waals surface area contributed by atoms with Gasteiger partial charge in [-0.05, 0) is 45.0 Å². The first-order valence-electron chi connectivity index (χ1n) is 8.69. The van der Waals surface area contributed by atoms with E-state index in [9.17, 15) is 9.59 Å². The lowest BCUT2D eigenvalue weighted by Crippen LogP contribution is -2.44. The first kappa shape index (κ1) is 18.2. The molecule has 138 valence electrons. The van der Waals surface area contributed by atoms with Gasteiger partial charge in [0, 0.05) is 12.2 Å². The topological polar surface area (TPSA) is 63.0 Å². The van der Waals surface area contributed by atoms with Crippen LogP contribution in [-0.4, -0.2) is 43.5 Å². The smallest absolute Gasteiger partial charge is 0.341 e.